The van der Waals surface area contributed by atoms with Crippen molar-refractivity contribution in [3.05, 3.63) is 229 Å². The van der Waals surface area contributed by atoms with Gasteiger partial charge in [-0.2, -0.15) is 0 Å². The molecule has 10 aromatic carbocycles. The van der Waals surface area contributed by atoms with Crippen molar-refractivity contribution < 1.29 is 0 Å². The molecule has 0 aliphatic heterocycles. The summed E-state index contributed by atoms with van der Waals surface area (Å²) in [5.74, 6) is 0. The van der Waals surface area contributed by atoms with E-state index in [-0.39, 0.29) is 0 Å². The molecule has 12 rings (SSSR count). The molecule has 0 N–H and O–H groups in total. The summed E-state index contributed by atoms with van der Waals surface area (Å²) in [6, 6.07) is 77.2. The van der Waals surface area contributed by atoms with Crippen molar-refractivity contribution in [2.45, 2.75) is 5.41 Å². The molecule has 2 aliphatic carbocycles. The fraction of sp³-hybridized carbons (Fsp3) is 0.0182. The first-order valence-corrected chi connectivity index (χ1v) is 19.3. The van der Waals surface area contributed by atoms with E-state index in [1.54, 1.807) is 0 Å². The van der Waals surface area contributed by atoms with Crippen molar-refractivity contribution in [1.82, 2.24) is 0 Å². The summed E-state index contributed by atoms with van der Waals surface area (Å²) in [5.41, 5.74) is 17.6. The van der Waals surface area contributed by atoms with E-state index in [0.717, 1.165) is 0 Å². The van der Waals surface area contributed by atoms with E-state index in [9.17, 15) is 0 Å². The molecule has 0 fully saturated rings. The largest absolute Gasteiger partial charge is 0.0725 e. The molecule has 10 aromatic rings. The molecule has 0 radical (unpaired) electrons. The molecule has 0 aromatic heterocycles. The molecule has 0 saturated carbocycles. The normalized spacial score (nSPS) is 15.0. The molecule has 55 heavy (non-hydrogen) atoms. The van der Waals surface area contributed by atoms with Gasteiger partial charge in [0.2, 0.25) is 0 Å². The maximum atomic E-state index is 2.56. The van der Waals surface area contributed by atoms with Crippen LogP contribution in [0.2, 0.25) is 0 Å². The third-order valence-corrected chi connectivity index (χ3v) is 12.4. The smallest absolute Gasteiger partial charge is 0.0622 e. The van der Waals surface area contributed by atoms with E-state index >= 15 is 0 Å². The van der Waals surface area contributed by atoms with E-state index in [4.69, 9.17) is 0 Å². The maximum absolute atomic E-state index is 2.56. The van der Waals surface area contributed by atoms with Crippen molar-refractivity contribution in [3.8, 4) is 55.6 Å². The molecule has 0 heteroatoms. The predicted octanol–water partition coefficient (Wildman–Crippen LogP) is 14.5. The molecule has 1 unspecified atom stereocenters. The van der Waals surface area contributed by atoms with Gasteiger partial charge in [0.1, 0.15) is 0 Å². The lowest BCUT2D eigenvalue weighted by Crippen LogP contribution is -2.25. The van der Waals surface area contributed by atoms with Crippen LogP contribution >= 0.6 is 0 Å². The average molecular weight is 695 g/mol. The standard InChI is InChI=1S/C55H34/c1-3-15-35(16-4-1)38-29-39(36-17-5-2-6-18-36)31-40(30-38)37-27-28-47-45-23-11-13-25-51(45)55(53(47)32-37)52-26-14-12-24-46(52)50-33-48-43-21-9-7-19-41(43)42-20-8-10-22-44(42)49(48)34-54(50)55/h1-34H. The van der Waals surface area contributed by atoms with Crippen LogP contribution in [0.5, 0.6) is 0 Å². The van der Waals surface area contributed by atoms with Crippen molar-refractivity contribution >= 4 is 32.3 Å². The summed E-state index contributed by atoms with van der Waals surface area (Å²) in [5, 5.41) is 7.84. The Morgan fingerprint density at radius 2 is 0.600 bits per heavy atom. The van der Waals surface area contributed by atoms with Crippen molar-refractivity contribution in [3.63, 3.8) is 0 Å². The van der Waals surface area contributed by atoms with E-state index in [2.05, 4.69) is 206 Å². The van der Waals surface area contributed by atoms with Gasteiger partial charge in [-0.05, 0) is 147 Å². The monoisotopic (exact) mass is 694 g/mol. The van der Waals surface area contributed by atoms with Crippen LogP contribution in [0, 0.1) is 0 Å². The second-order valence-electron chi connectivity index (χ2n) is 15.2. The third-order valence-electron chi connectivity index (χ3n) is 12.4. The Kier molecular flexibility index (Phi) is 6.36. The zero-order chi connectivity index (χ0) is 36.1. The molecular formula is C55H34. The van der Waals surface area contributed by atoms with Gasteiger partial charge in [0.05, 0.1) is 5.41 Å². The van der Waals surface area contributed by atoms with E-state index < -0.39 is 5.41 Å². The summed E-state index contributed by atoms with van der Waals surface area (Å²) in [7, 11) is 0. The number of fused-ring (bicyclic) bond motifs is 16. The minimum absolute atomic E-state index is 0.464. The molecule has 0 saturated heterocycles. The molecule has 1 atom stereocenters. The van der Waals surface area contributed by atoms with Crippen LogP contribution in [0.25, 0.3) is 88.0 Å². The highest BCUT2D eigenvalue weighted by atomic mass is 14.5. The Morgan fingerprint density at radius 1 is 0.200 bits per heavy atom. The Bertz CT molecular complexity index is 3130. The van der Waals surface area contributed by atoms with Crippen LogP contribution in [0.4, 0.5) is 0 Å². The van der Waals surface area contributed by atoms with Crippen LogP contribution in [0.15, 0.2) is 206 Å². The number of hydrogen-bond acceptors (Lipinski definition) is 0. The van der Waals surface area contributed by atoms with Gasteiger partial charge in [-0.25, -0.2) is 0 Å². The van der Waals surface area contributed by atoms with Gasteiger partial charge in [0, 0.05) is 0 Å². The topological polar surface area (TPSA) is 0 Å². The number of hydrogen-bond donors (Lipinski definition) is 0. The lowest BCUT2D eigenvalue weighted by Gasteiger charge is -2.31. The second kappa shape index (κ2) is 11.5. The zero-order valence-electron chi connectivity index (χ0n) is 30.1. The molecule has 2 aliphatic rings. The van der Waals surface area contributed by atoms with Gasteiger partial charge in [0.15, 0.2) is 0 Å². The van der Waals surface area contributed by atoms with Crippen molar-refractivity contribution in [2.75, 3.05) is 0 Å². The molecular weight excluding hydrogens is 661 g/mol. The quantitative estimate of drug-likeness (QED) is 0.162. The third kappa shape index (κ3) is 4.23. The highest BCUT2D eigenvalue weighted by Crippen LogP contribution is 2.64. The van der Waals surface area contributed by atoms with Crippen LogP contribution in [-0.2, 0) is 5.41 Å². The van der Waals surface area contributed by atoms with E-state index in [0.29, 0.717) is 0 Å². The first-order valence-electron chi connectivity index (χ1n) is 19.3. The highest BCUT2D eigenvalue weighted by Gasteiger charge is 2.51. The van der Waals surface area contributed by atoms with Gasteiger partial charge >= 0.3 is 0 Å². The van der Waals surface area contributed by atoms with Gasteiger partial charge < -0.3 is 0 Å². The molecule has 0 bridgehead atoms. The lowest BCUT2D eigenvalue weighted by molar-refractivity contribution is 0.795. The van der Waals surface area contributed by atoms with Crippen LogP contribution in [0.1, 0.15) is 22.3 Å². The summed E-state index contributed by atoms with van der Waals surface area (Å²) in [6.45, 7) is 0. The van der Waals surface area contributed by atoms with Gasteiger partial charge in [-0.1, -0.05) is 170 Å². The minimum atomic E-state index is -0.464. The highest BCUT2D eigenvalue weighted by molar-refractivity contribution is 6.26. The van der Waals surface area contributed by atoms with Gasteiger partial charge in [-0.3, -0.25) is 0 Å². The molecule has 0 amide bonds. The van der Waals surface area contributed by atoms with Crippen molar-refractivity contribution in [1.29, 1.82) is 0 Å². The fourth-order valence-corrected chi connectivity index (χ4v) is 10.1. The summed E-state index contributed by atoms with van der Waals surface area (Å²) in [6.07, 6.45) is 0. The summed E-state index contributed by atoms with van der Waals surface area (Å²) >= 11 is 0. The Morgan fingerprint density at radius 3 is 1.16 bits per heavy atom. The zero-order valence-corrected chi connectivity index (χ0v) is 30.1. The van der Waals surface area contributed by atoms with E-state index in [1.165, 1.54) is 110 Å². The second-order valence-corrected chi connectivity index (χ2v) is 15.2. The summed E-state index contributed by atoms with van der Waals surface area (Å²) < 4.78 is 0. The lowest BCUT2D eigenvalue weighted by atomic mass is 9.70. The van der Waals surface area contributed by atoms with Crippen LogP contribution in [0.3, 0.4) is 0 Å². The molecule has 0 heterocycles. The molecule has 1 spiro atoms. The first-order chi connectivity index (χ1) is 27.3. The minimum Gasteiger partial charge on any atom is -0.0622 e. The number of rotatable bonds is 3. The Labute approximate surface area is 320 Å². The molecule has 0 nitrogen and oxygen atoms in total. The van der Waals surface area contributed by atoms with Crippen LogP contribution < -0.4 is 0 Å². The first kappa shape index (κ1) is 30.4. The summed E-state index contributed by atoms with van der Waals surface area (Å²) in [4.78, 5) is 0. The van der Waals surface area contributed by atoms with Gasteiger partial charge in [0.25, 0.3) is 0 Å². The Hall–Kier alpha value is -7.02. The number of benzene rings is 10. The van der Waals surface area contributed by atoms with E-state index in [1.807, 2.05) is 0 Å². The molecule has 254 valence electrons. The maximum Gasteiger partial charge on any atom is 0.0725 e. The SMILES string of the molecule is c1ccc(-c2cc(-c3ccccc3)cc(-c3ccc4c(c3)C3(c5ccccc5-4)c4ccccc4-c4cc5c6ccccc6c6ccccc6c5cc43)c2)cc1. The van der Waals surface area contributed by atoms with Crippen LogP contribution in [-0.4, -0.2) is 0 Å². The Balaban J connectivity index is 1.17. The average Bonchev–Trinajstić information content (AvgIpc) is 3.73. The van der Waals surface area contributed by atoms with Gasteiger partial charge in [-0.15, -0.1) is 0 Å². The van der Waals surface area contributed by atoms with Crippen molar-refractivity contribution in [2.24, 2.45) is 0 Å². The predicted molar refractivity (Wildman–Crippen MR) is 232 cm³/mol. The fourth-order valence-electron chi connectivity index (χ4n) is 10.1.